The first-order valence-electron chi connectivity index (χ1n) is 7.66. The Morgan fingerprint density at radius 2 is 2.06 bits per heavy atom. The molecule has 1 aliphatic rings. The van der Waals surface area contributed by atoms with Crippen molar-refractivity contribution in [2.45, 2.75) is 52.1 Å². The van der Waals surface area contributed by atoms with Crippen molar-refractivity contribution in [1.82, 2.24) is 15.1 Å². The Morgan fingerprint density at radius 1 is 1.33 bits per heavy atom. The maximum Gasteiger partial charge on any atom is 0.0254 e. The summed E-state index contributed by atoms with van der Waals surface area (Å²) in [4.78, 5) is 5.03. The van der Waals surface area contributed by atoms with Gasteiger partial charge in [-0.05, 0) is 59.3 Å². The van der Waals surface area contributed by atoms with E-state index in [1.165, 1.54) is 38.9 Å². The van der Waals surface area contributed by atoms with Gasteiger partial charge in [-0.1, -0.05) is 13.8 Å². The average molecular weight is 255 g/mol. The lowest BCUT2D eigenvalue weighted by atomic mass is 10.1. The fourth-order valence-electron chi connectivity index (χ4n) is 3.02. The number of nitrogens with one attached hydrogen (secondary N) is 1. The third kappa shape index (κ3) is 5.25. The lowest BCUT2D eigenvalue weighted by molar-refractivity contribution is 0.250. The van der Waals surface area contributed by atoms with E-state index in [-0.39, 0.29) is 0 Å². The van der Waals surface area contributed by atoms with Crippen molar-refractivity contribution in [3.63, 3.8) is 0 Å². The van der Waals surface area contributed by atoms with Crippen LogP contribution in [-0.2, 0) is 0 Å². The van der Waals surface area contributed by atoms with Crippen LogP contribution in [0.2, 0.25) is 0 Å². The van der Waals surface area contributed by atoms with Crippen LogP contribution in [0.25, 0.3) is 0 Å². The maximum absolute atomic E-state index is 3.57. The Bertz CT molecular complexity index is 218. The molecule has 3 nitrogen and oxygen atoms in total. The molecule has 0 aromatic rings. The standard InChI is InChI=1S/C15H33N3/c1-6-9-16-14(3)8-7-10-18-11-13(2)15(12-18)17(4)5/h13-16H,6-12H2,1-5H3. The van der Waals surface area contributed by atoms with Gasteiger partial charge >= 0.3 is 0 Å². The van der Waals surface area contributed by atoms with Crippen LogP contribution in [0.3, 0.4) is 0 Å². The first-order chi connectivity index (χ1) is 8.54. The summed E-state index contributed by atoms with van der Waals surface area (Å²) >= 11 is 0. The predicted molar refractivity (Wildman–Crippen MR) is 80.1 cm³/mol. The van der Waals surface area contributed by atoms with Crippen LogP contribution in [0.15, 0.2) is 0 Å². The molecule has 3 unspecified atom stereocenters. The number of likely N-dealkylation sites (N-methyl/N-ethyl adjacent to an activating group) is 1. The smallest absolute Gasteiger partial charge is 0.0254 e. The van der Waals surface area contributed by atoms with Crippen molar-refractivity contribution in [2.24, 2.45) is 5.92 Å². The highest BCUT2D eigenvalue weighted by Crippen LogP contribution is 2.20. The molecule has 0 aromatic heterocycles. The summed E-state index contributed by atoms with van der Waals surface area (Å²) in [6.07, 6.45) is 3.86. The van der Waals surface area contributed by atoms with E-state index in [9.17, 15) is 0 Å². The van der Waals surface area contributed by atoms with E-state index < -0.39 is 0 Å². The Morgan fingerprint density at radius 3 is 2.61 bits per heavy atom. The van der Waals surface area contributed by atoms with Gasteiger partial charge in [0.15, 0.2) is 0 Å². The summed E-state index contributed by atoms with van der Waals surface area (Å²) < 4.78 is 0. The van der Waals surface area contributed by atoms with Gasteiger partial charge in [0.2, 0.25) is 0 Å². The Hall–Kier alpha value is -0.120. The summed E-state index contributed by atoms with van der Waals surface area (Å²) in [7, 11) is 4.42. The molecule has 0 spiro atoms. The molecule has 108 valence electrons. The van der Waals surface area contributed by atoms with E-state index in [0.717, 1.165) is 18.5 Å². The molecule has 1 aliphatic heterocycles. The van der Waals surface area contributed by atoms with Crippen molar-refractivity contribution in [1.29, 1.82) is 0 Å². The molecule has 3 atom stereocenters. The summed E-state index contributed by atoms with van der Waals surface area (Å²) in [5.74, 6) is 0.815. The van der Waals surface area contributed by atoms with Gasteiger partial charge in [0.1, 0.15) is 0 Å². The SMILES string of the molecule is CCCNC(C)CCCN1CC(C)C(N(C)C)C1. The van der Waals surface area contributed by atoms with E-state index >= 15 is 0 Å². The maximum atomic E-state index is 3.57. The molecule has 18 heavy (non-hydrogen) atoms. The topological polar surface area (TPSA) is 18.5 Å². The minimum absolute atomic E-state index is 0.676. The lowest BCUT2D eigenvalue weighted by Crippen LogP contribution is -2.34. The van der Waals surface area contributed by atoms with Gasteiger partial charge in [0.05, 0.1) is 0 Å². The fourth-order valence-corrected chi connectivity index (χ4v) is 3.02. The Balaban J connectivity index is 2.13. The predicted octanol–water partition coefficient (Wildman–Crippen LogP) is 2.04. The minimum Gasteiger partial charge on any atom is -0.314 e. The number of hydrogen-bond acceptors (Lipinski definition) is 3. The summed E-state index contributed by atoms with van der Waals surface area (Å²) in [5.41, 5.74) is 0. The summed E-state index contributed by atoms with van der Waals surface area (Å²) in [5, 5.41) is 3.57. The van der Waals surface area contributed by atoms with Gasteiger partial charge in [-0.15, -0.1) is 0 Å². The number of rotatable bonds is 8. The zero-order valence-electron chi connectivity index (χ0n) is 13.1. The van der Waals surface area contributed by atoms with Crippen LogP contribution in [-0.4, -0.2) is 62.2 Å². The zero-order valence-corrected chi connectivity index (χ0v) is 13.1. The third-order valence-corrected chi connectivity index (χ3v) is 4.17. The van der Waals surface area contributed by atoms with Crippen LogP contribution >= 0.6 is 0 Å². The first kappa shape index (κ1) is 15.9. The second-order valence-corrected chi connectivity index (χ2v) is 6.27. The molecule has 0 aliphatic carbocycles. The molecule has 1 rings (SSSR count). The molecule has 0 bridgehead atoms. The van der Waals surface area contributed by atoms with Gasteiger partial charge in [-0.25, -0.2) is 0 Å². The van der Waals surface area contributed by atoms with Gasteiger partial charge in [0, 0.05) is 25.2 Å². The first-order valence-corrected chi connectivity index (χ1v) is 7.66. The van der Waals surface area contributed by atoms with Gasteiger partial charge in [-0.3, -0.25) is 0 Å². The van der Waals surface area contributed by atoms with E-state index in [0.29, 0.717) is 6.04 Å². The van der Waals surface area contributed by atoms with Crippen molar-refractivity contribution >= 4 is 0 Å². The highest BCUT2D eigenvalue weighted by Gasteiger charge is 2.30. The highest BCUT2D eigenvalue weighted by atomic mass is 15.2. The molecule has 1 saturated heterocycles. The molecule has 1 heterocycles. The van der Waals surface area contributed by atoms with Crippen LogP contribution in [0.5, 0.6) is 0 Å². The molecule has 0 amide bonds. The number of likely N-dealkylation sites (tertiary alicyclic amines) is 1. The molecule has 0 saturated carbocycles. The van der Waals surface area contributed by atoms with Gasteiger partial charge in [0.25, 0.3) is 0 Å². The van der Waals surface area contributed by atoms with Crippen LogP contribution in [0.1, 0.15) is 40.0 Å². The quantitative estimate of drug-likeness (QED) is 0.716. The highest BCUT2D eigenvalue weighted by molar-refractivity contribution is 4.86. The Kier molecular flexibility index (Phi) is 7.20. The largest absolute Gasteiger partial charge is 0.314 e. The summed E-state index contributed by atoms with van der Waals surface area (Å²) in [6, 6.07) is 1.43. The van der Waals surface area contributed by atoms with E-state index in [1.54, 1.807) is 0 Å². The van der Waals surface area contributed by atoms with Crippen LogP contribution < -0.4 is 5.32 Å². The third-order valence-electron chi connectivity index (χ3n) is 4.17. The Labute approximate surface area is 114 Å². The second kappa shape index (κ2) is 8.13. The van der Waals surface area contributed by atoms with Crippen molar-refractivity contribution in [3.05, 3.63) is 0 Å². The molecule has 0 aromatic carbocycles. The minimum atomic E-state index is 0.676. The molecule has 1 fully saturated rings. The van der Waals surface area contributed by atoms with Gasteiger partial charge in [-0.2, -0.15) is 0 Å². The fraction of sp³-hybridized carbons (Fsp3) is 1.00. The lowest BCUT2D eigenvalue weighted by Gasteiger charge is -2.22. The normalized spacial score (nSPS) is 27.0. The van der Waals surface area contributed by atoms with E-state index in [4.69, 9.17) is 0 Å². The van der Waals surface area contributed by atoms with Crippen LogP contribution in [0.4, 0.5) is 0 Å². The van der Waals surface area contributed by atoms with Crippen molar-refractivity contribution in [2.75, 3.05) is 40.3 Å². The monoisotopic (exact) mass is 255 g/mol. The number of hydrogen-bond donors (Lipinski definition) is 1. The van der Waals surface area contributed by atoms with Gasteiger partial charge < -0.3 is 15.1 Å². The van der Waals surface area contributed by atoms with Crippen molar-refractivity contribution in [3.8, 4) is 0 Å². The van der Waals surface area contributed by atoms with Crippen LogP contribution in [0, 0.1) is 5.92 Å². The average Bonchev–Trinajstić information content (AvgIpc) is 2.68. The van der Waals surface area contributed by atoms with E-state index in [1.807, 2.05) is 0 Å². The number of nitrogens with zero attached hydrogens (tertiary/aromatic N) is 2. The second-order valence-electron chi connectivity index (χ2n) is 6.27. The zero-order chi connectivity index (χ0) is 13.5. The van der Waals surface area contributed by atoms with Crippen molar-refractivity contribution < 1.29 is 0 Å². The molecular formula is C15H33N3. The summed E-state index contributed by atoms with van der Waals surface area (Å²) in [6.45, 7) is 11.9. The molecule has 3 heteroatoms. The molecular weight excluding hydrogens is 222 g/mol. The van der Waals surface area contributed by atoms with E-state index in [2.05, 4.69) is 50.0 Å². The molecule has 0 radical (unpaired) electrons. The molecule has 1 N–H and O–H groups in total.